The van der Waals surface area contributed by atoms with Gasteiger partial charge in [0.1, 0.15) is 0 Å². The summed E-state index contributed by atoms with van der Waals surface area (Å²) in [6.45, 7) is 4.27. The third kappa shape index (κ3) is 16.2. The molecule has 0 bridgehead atoms. The van der Waals surface area contributed by atoms with E-state index in [1.54, 1.807) is 0 Å². The van der Waals surface area contributed by atoms with Gasteiger partial charge in [0.05, 0.1) is 0 Å². The second-order valence-electron chi connectivity index (χ2n) is 5.37. The summed E-state index contributed by atoms with van der Waals surface area (Å²) in [6, 6.07) is 1.09. The molecule has 0 aromatic carbocycles. The number of hydrogen-bond acceptors (Lipinski definition) is 1. The molecule has 17 heavy (non-hydrogen) atoms. The molecule has 1 nitrogen and oxygen atoms in total. The zero-order valence-corrected chi connectivity index (χ0v) is 13.1. The monoisotopic (exact) mass is 257 g/mol. The van der Waals surface area contributed by atoms with Crippen LogP contribution in [0.4, 0.5) is 0 Å². The Kier molecular flexibility index (Phi) is 14.4. The van der Waals surface area contributed by atoms with Gasteiger partial charge in [-0.2, -0.15) is 0 Å². The van der Waals surface area contributed by atoms with E-state index in [1.165, 1.54) is 77.0 Å². The Morgan fingerprint density at radius 1 is 0.647 bits per heavy atom. The molecular formula is C15H33OSi. The van der Waals surface area contributed by atoms with Crippen LogP contribution in [0.5, 0.6) is 0 Å². The first-order chi connectivity index (χ1) is 8.27. The summed E-state index contributed by atoms with van der Waals surface area (Å²) in [5.41, 5.74) is 0. The van der Waals surface area contributed by atoms with E-state index >= 15 is 0 Å². The molecule has 1 N–H and O–H groups in total. The highest BCUT2D eigenvalue weighted by molar-refractivity contribution is 6.48. The van der Waals surface area contributed by atoms with Gasteiger partial charge in [0.15, 0.2) is 0 Å². The summed E-state index contributed by atoms with van der Waals surface area (Å²) in [6.07, 6.45) is 16.8. The lowest BCUT2D eigenvalue weighted by Gasteiger charge is -2.03. The van der Waals surface area contributed by atoms with Crippen LogP contribution in [-0.4, -0.2) is 13.8 Å². The van der Waals surface area contributed by atoms with Crippen LogP contribution in [0.25, 0.3) is 0 Å². The summed E-state index contributed by atoms with van der Waals surface area (Å²) in [5, 5.41) is 0. The molecule has 0 rings (SSSR count). The van der Waals surface area contributed by atoms with Crippen LogP contribution in [0.1, 0.15) is 84.0 Å². The van der Waals surface area contributed by atoms with E-state index in [1.807, 2.05) is 6.55 Å². The summed E-state index contributed by atoms with van der Waals surface area (Å²) in [4.78, 5) is 9.22. The van der Waals surface area contributed by atoms with Gasteiger partial charge in [0.25, 0.3) is 0 Å². The fourth-order valence-electron chi connectivity index (χ4n) is 2.22. The summed E-state index contributed by atoms with van der Waals surface area (Å²) in [5.74, 6) is 0. The van der Waals surface area contributed by atoms with Gasteiger partial charge in [-0.1, -0.05) is 84.0 Å². The molecule has 0 aliphatic rings. The third-order valence-corrected chi connectivity index (χ3v) is 4.47. The van der Waals surface area contributed by atoms with Crippen molar-refractivity contribution in [1.82, 2.24) is 0 Å². The molecule has 2 heteroatoms. The summed E-state index contributed by atoms with van der Waals surface area (Å²) in [7, 11) is -0.947. The van der Waals surface area contributed by atoms with E-state index < -0.39 is 9.04 Å². The molecular weight excluding hydrogens is 224 g/mol. The molecule has 0 saturated carbocycles. The van der Waals surface area contributed by atoms with Crippen molar-refractivity contribution >= 4 is 9.04 Å². The van der Waals surface area contributed by atoms with E-state index in [2.05, 4.69) is 6.92 Å². The standard InChI is InChI=1S/C15H33OSi/c1-3-4-5-6-7-8-9-10-11-12-13-14-15-17(2)16/h16H,3-15H2,1-2H3. The fourth-order valence-corrected chi connectivity index (χ4v) is 2.98. The quantitative estimate of drug-likeness (QED) is 0.350. The van der Waals surface area contributed by atoms with Crippen LogP contribution in [0.2, 0.25) is 12.6 Å². The van der Waals surface area contributed by atoms with Crippen molar-refractivity contribution in [2.75, 3.05) is 0 Å². The SMILES string of the molecule is CCCCCCCCCCCCCC[Si](C)O. The molecule has 0 aliphatic heterocycles. The zero-order chi connectivity index (χ0) is 12.8. The first-order valence-corrected chi connectivity index (χ1v) is 9.94. The van der Waals surface area contributed by atoms with Crippen LogP contribution in [0.3, 0.4) is 0 Å². The zero-order valence-electron chi connectivity index (χ0n) is 12.1. The van der Waals surface area contributed by atoms with Crippen LogP contribution in [-0.2, 0) is 0 Å². The van der Waals surface area contributed by atoms with Crippen LogP contribution in [0.15, 0.2) is 0 Å². The first kappa shape index (κ1) is 17.2. The van der Waals surface area contributed by atoms with E-state index in [0.717, 1.165) is 6.04 Å². The minimum Gasteiger partial charge on any atom is -0.432 e. The van der Waals surface area contributed by atoms with Crippen molar-refractivity contribution < 1.29 is 4.80 Å². The Balaban J connectivity index is 2.89. The molecule has 0 heterocycles. The average molecular weight is 258 g/mol. The molecule has 0 spiro atoms. The lowest BCUT2D eigenvalue weighted by molar-refractivity contribution is 0.540. The van der Waals surface area contributed by atoms with E-state index in [0.29, 0.717) is 0 Å². The Labute approximate surface area is 111 Å². The predicted octanol–water partition coefficient (Wildman–Crippen LogP) is 5.30. The van der Waals surface area contributed by atoms with Crippen molar-refractivity contribution in [3.8, 4) is 0 Å². The van der Waals surface area contributed by atoms with Crippen LogP contribution in [0, 0.1) is 0 Å². The molecule has 1 radical (unpaired) electrons. The van der Waals surface area contributed by atoms with Crippen LogP contribution >= 0.6 is 0 Å². The highest BCUT2D eigenvalue weighted by Crippen LogP contribution is 2.12. The smallest absolute Gasteiger partial charge is 0.203 e. The third-order valence-electron chi connectivity index (χ3n) is 3.39. The Morgan fingerprint density at radius 3 is 1.35 bits per heavy atom. The van der Waals surface area contributed by atoms with Gasteiger partial charge < -0.3 is 4.80 Å². The maximum atomic E-state index is 9.22. The van der Waals surface area contributed by atoms with Gasteiger partial charge in [-0.15, -0.1) is 0 Å². The summed E-state index contributed by atoms with van der Waals surface area (Å²) >= 11 is 0. The minimum atomic E-state index is -0.947. The van der Waals surface area contributed by atoms with Gasteiger partial charge in [-0.25, -0.2) is 0 Å². The van der Waals surface area contributed by atoms with Crippen LogP contribution < -0.4 is 0 Å². The van der Waals surface area contributed by atoms with E-state index in [4.69, 9.17) is 0 Å². The minimum absolute atomic E-state index is 0.947. The van der Waals surface area contributed by atoms with Gasteiger partial charge in [-0.3, -0.25) is 0 Å². The molecule has 0 atom stereocenters. The van der Waals surface area contributed by atoms with E-state index in [9.17, 15) is 4.80 Å². The van der Waals surface area contributed by atoms with Crippen molar-refractivity contribution in [3.63, 3.8) is 0 Å². The lowest BCUT2D eigenvalue weighted by atomic mass is 10.1. The van der Waals surface area contributed by atoms with Gasteiger partial charge in [-0.05, 0) is 12.6 Å². The van der Waals surface area contributed by atoms with Crippen molar-refractivity contribution in [2.45, 2.75) is 96.6 Å². The summed E-state index contributed by atoms with van der Waals surface area (Å²) < 4.78 is 0. The molecule has 0 aromatic heterocycles. The Bertz CT molecular complexity index is 137. The second-order valence-corrected chi connectivity index (χ2v) is 7.34. The first-order valence-electron chi connectivity index (χ1n) is 7.78. The molecule has 0 saturated heterocycles. The molecule has 103 valence electrons. The Hall–Kier alpha value is 0.177. The van der Waals surface area contributed by atoms with Crippen molar-refractivity contribution in [3.05, 3.63) is 0 Å². The largest absolute Gasteiger partial charge is 0.432 e. The second kappa shape index (κ2) is 14.2. The van der Waals surface area contributed by atoms with Gasteiger partial charge in [0, 0.05) is 0 Å². The highest BCUT2D eigenvalue weighted by atomic mass is 28.3. The predicted molar refractivity (Wildman–Crippen MR) is 79.7 cm³/mol. The number of rotatable bonds is 13. The maximum absolute atomic E-state index is 9.22. The van der Waals surface area contributed by atoms with Crippen molar-refractivity contribution in [2.24, 2.45) is 0 Å². The Morgan fingerprint density at radius 2 is 1.00 bits per heavy atom. The number of hydrogen-bond donors (Lipinski definition) is 1. The van der Waals surface area contributed by atoms with Gasteiger partial charge >= 0.3 is 0 Å². The maximum Gasteiger partial charge on any atom is 0.203 e. The average Bonchev–Trinajstić information content (AvgIpc) is 2.30. The molecule has 0 amide bonds. The lowest BCUT2D eigenvalue weighted by Crippen LogP contribution is -2.03. The highest BCUT2D eigenvalue weighted by Gasteiger charge is 1.98. The number of unbranched alkanes of at least 4 members (excludes halogenated alkanes) is 11. The molecule has 0 aliphatic carbocycles. The van der Waals surface area contributed by atoms with Crippen molar-refractivity contribution in [1.29, 1.82) is 0 Å². The fraction of sp³-hybridized carbons (Fsp3) is 1.00. The molecule has 0 unspecified atom stereocenters. The van der Waals surface area contributed by atoms with E-state index in [-0.39, 0.29) is 0 Å². The molecule has 0 fully saturated rings. The molecule has 0 aromatic rings. The van der Waals surface area contributed by atoms with Gasteiger partial charge in [0.2, 0.25) is 9.04 Å². The normalized spacial score (nSPS) is 11.3. The topological polar surface area (TPSA) is 20.2 Å².